The lowest BCUT2D eigenvalue weighted by atomic mass is 9.93. The molecule has 1 aromatic carbocycles. The number of carbonyl (C=O) groups is 1. The van der Waals surface area contributed by atoms with Gasteiger partial charge >= 0.3 is 5.97 Å². The number of allylic oxidation sites excluding steroid dienone is 4. The lowest BCUT2D eigenvalue weighted by Crippen LogP contribution is -2.60. The second-order valence-electron chi connectivity index (χ2n) is 8.81. The number of phenolic OH excluding ortho intramolecular Hbond substituents is 1. The number of carboxylic acids is 1. The van der Waals surface area contributed by atoms with E-state index < -0.39 is 55.1 Å². The minimum Gasteiger partial charge on any atom is -0.504 e. The van der Waals surface area contributed by atoms with E-state index in [9.17, 15) is 40.5 Å². The van der Waals surface area contributed by atoms with Crippen molar-refractivity contribution in [1.29, 1.82) is 0 Å². The van der Waals surface area contributed by atoms with Gasteiger partial charge in [0, 0.05) is 11.1 Å². The van der Waals surface area contributed by atoms with Crippen LogP contribution in [0.5, 0.6) is 11.5 Å². The Labute approximate surface area is 198 Å². The zero-order valence-electron chi connectivity index (χ0n) is 19.7. The summed E-state index contributed by atoms with van der Waals surface area (Å²) in [6, 6.07) is 1.41. The number of ether oxygens (including phenoxy) is 2. The van der Waals surface area contributed by atoms with Crippen LogP contribution in [0.3, 0.4) is 0 Å². The van der Waals surface area contributed by atoms with Gasteiger partial charge in [-0.3, -0.25) is 0 Å². The number of aromatic hydroxyl groups is 1. The number of aliphatic hydroxyl groups excluding tert-OH is 5. The summed E-state index contributed by atoms with van der Waals surface area (Å²) in [5, 5.41) is 70.8. The molecule has 6 atom stereocenters. The largest absolute Gasteiger partial charge is 0.504 e. The number of aliphatic carboxylic acids is 1. The molecule has 0 radical (unpaired) electrons. The van der Waals surface area contributed by atoms with Crippen LogP contribution >= 0.6 is 0 Å². The third kappa shape index (κ3) is 6.35. The molecule has 10 nitrogen and oxygen atoms in total. The standard InChI is InChI=1S/C24H34O10/c1-11(2)5-7-13-9-15(18(27)23(31)32)14(8-6-12(3)4)17(26)22(13)34-24-21(30)20(29)19(28)16(10-25)33-24/h5-6,9,16,18-21,24-30H,7-8,10H2,1-4H3,(H,31,32)/t16-,18-,19-,20+,21-,24+/m1/s1. The molecular weight excluding hydrogens is 448 g/mol. The van der Waals surface area contributed by atoms with Gasteiger partial charge in [0.05, 0.1) is 6.61 Å². The maximum Gasteiger partial charge on any atom is 0.337 e. The Bertz CT molecular complexity index is 928. The van der Waals surface area contributed by atoms with Crippen molar-refractivity contribution in [3.05, 3.63) is 46.1 Å². The Kier molecular flexibility index (Phi) is 9.63. The molecule has 7 N–H and O–H groups in total. The highest BCUT2D eigenvalue weighted by molar-refractivity contribution is 5.76. The molecule has 1 aliphatic rings. The van der Waals surface area contributed by atoms with E-state index in [0.29, 0.717) is 5.56 Å². The molecule has 1 fully saturated rings. The maximum absolute atomic E-state index is 11.5. The Morgan fingerprint density at radius 1 is 1.06 bits per heavy atom. The summed E-state index contributed by atoms with van der Waals surface area (Å²) < 4.78 is 11.2. The van der Waals surface area contributed by atoms with E-state index in [1.54, 1.807) is 12.2 Å². The topological polar surface area (TPSA) is 177 Å². The number of aliphatic hydroxyl groups is 5. The minimum absolute atomic E-state index is 0.0131. The smallest absolute Gasteiger partial charge is 0.337 e. The predicted molar refractivity (Wildman–Crippen MR) is 121 cm³/mol. The monoisotopic (exact) mass is 482 g/mol. The molecule has 10 heteroatoms. The van der Waals surface area contributed by atoms with Crippen LogP contribution in [0, 0.1) is 0 Å². The Morgan fingerprint density at radius 2 is 1.65 bits per heavy atom. The summed E-state index contributed by atoms with van der Waals surface area (Å²) >= 11 is 0. The van der Waals surface area contributed by atoms with Crippen LogP contribution in [0.2, 0.25) is 0 Å². The second-order valence-corrected chi connectivity index (χ2v) is 8.81. The predicted octanol–water partition coefficient (Wildman–Crippen LogP) is 0.706. The molecule has 0 unspecified atom stereocenters. The zero-order chi connectivity index (χ0) is 25.7. The van der Waals surface area contributed by atoms with Crippen LogP contribution in [-0.4, -0.2) is 79.0 Å². The van der Waals surface area contributed by atoms with E-state index in [0.717, 1.165) is 11.1 Å². The summed E-state index contributed by atoms with van der Waals surface area (Å²) in [6.07, 6.45) is -5.85. The highest BCUT2D eigenvalue weighted by Crippen LogP contribution is 2.41. The summed E-state index contributed by atoms with van der Waals surface area (Å²) in [7, 11) is 0. The lowest BCUT2D eigenvalue weighted by Gasteiger charge is -2.40. The minimum atomic E-state index is -1.90. The first-order valence-corrected chi connectivity index (χ1v) is 10.9. The van der Waals surface area contributed by atoms with Gasteiger partial charge in [-0.15, -0.1) is 0 Å². The number of rotatable bonds is 9. The molecule has 1 saturated heterocycles. The Morgan fingerprint density at radius 3 is 2.18 bits per heavy atom. The highest BCUT2D eigenvalue weighted by Gasteiger charge is 2.45. The van der Waals surface area contributed by atoms with E-state index in [-0.39, 0.29) is 29.7 Å². The van der Waals surface area contributed by atoms with Gasteiger partial charge in [-0.25, -0.2) is 4.79 Å². The van der Waals surface area contributed by atoms with Gasteiger partial charge in [0.25, 0.3) is 0 Å². The summed E-state index contributed by atoms with van der Waals surface area (Å²) in [5.41, 5.74) is 2.21. The van der Waals surface area contributed by atoms with Crippen LogP contribution in [0.4, 0.5) is 0 Å². The Hall–Kier alpha value is -2.47. The van der Waals surface area contributed by atoms with Crippen LogP contribution in [0.25, 0.3) is 0 Å². The average Bonchev–Trinajstić information content (AvgIpc) is 2.77. The number of benzene rings is 1. The second kappa shape index (κ2) is 11.8. The van der Waals surface area contributed by atoms with E-state index in [2.05, 4.69) is 0 Å². The molecule has 1 aromatic rings. The first kappa shape index (κ1) is 27.8. The van der Waals surface area contributed by atoms with Crippen molar-refractivity contribution in [3.63, 3.8) is 0 Å². The van der Waals surface area contributed by atoms with Crippen LogP contribution in [0.15, 0.2) is 29.4 Å². The fraction of sp³-hybridized carbons (Fsp3) is 0.542. The van der Waals surface area contributed by atoms with E-state index in [1.807, 2.05) is 27.7 Å². The van der Waals surface area contributed by atoms with Gasteiger partial charge in [0.2, 0.25) is 6.29 Å². The summed E-state index contributed by atoms with van der Waals surface area (Å²) in [5.74, 6) is -2.08. The summed E-state index contributed by atoms with van der Waals surface area (Å²) in [6.45, 7) is 6.66. The van der Waals surface area contributed by atoms with E-state index in [1.165, 1.54) is 6.07 Å². The molecule has 0 aliphatic carbocycles. The Balaban J connectivity index is 2.65. The van der Waals surface area contributed by atoms with E-state index in [4.69, 9.17) is 9.47 Å². The van der Waals surface area contributed by atoms with E-state index >= 15 is 0 Å². The third-order valence-electron chi connectivity index (χ3n) is 5.53. The van der Waals surface area contributed by atoms with Crippen molar-refractivity contribution in [2.45, 2.75) is 77.3 Å². The molecule has 2 rings (SSSR count). The molecular formula is C24H34O10. The molecule has 0 bridgehead atoms. The molecule has 34 heavy (non-hydrogen) atoms. The van der Waals surface area contributed by atoms with Gasteiger partial charge < -0.3 is 45.2 Å². The molecule has 0 aromatic heterocycles. The molecule has 190 valence electrons. The van der Waals surface area contributed by atoms with Gasteiger partial charge in [0.1, 0.15) is 24.4 Å². The van der Waals surface area contributed by atoms with Gasteiger partial charge in [-0.1, -0.05) is 23.3 Å². The number of hydrogen-bond donors (Lipinski definition) is 7. The normalized spacial score (nSPS) is 25.4. The highest BCUT2D eigenvalue weighted by atomic mass is 16.7. The molecule has 1 heterocycles. The quantitative estimate of drug-likeness (QED) is 0.248. The first-order chi connectivity index (χ1) is 15.9. The molecule has 0 saturated carbocycles. The van der Waals surface area contributed by atoms with Gasteiger partial charge in [-0.05, 0) is 52.2 Å². The first-order valence-electron chi connectivity index (χ1n) is 10.9. The fourth-order valence-corrected chi connectivity index (χ4v) is 3.54. The average molecular weight is 483 g/mol. The van der Waals surface area contributed by atoms with Crippen LogP contribution in [0.1, 0.15) is 50.5 Å². The SMILES string of the molecule is CC(C)=CCc1cc([C@@H](O)C(=O)O)c(CC=C(C)C)c(O)c1O[C@@H]1O[C@H](CO)[C@@H](O)[C@H](O)[C@H]1O. The van der Waals surface area contributed by atoms with Gasteiger partial charge in [0.15, 0.2) is 17.6 Å². The number of carboxylic acid groups (broad SMARTS) is 1. The molecule has 0 spiro atoms. The molecule has 1 aliphatic heterocycles. The fourth-order valence-electron chi connectivity index (χ4n) is 3.54. The summed E-state index contributed by atoms with van der Waals surface area (Å²) in [4.78, 5) is 11.5. The van der Waals surface area contributed by atoms with Crippen molar-refractivity contribution >= 4 is 5.97 Å². The molecule has 0 amide bonds. The van der Waals surface area contributed by atoms with Crippen molar-refractivity contribution in [2.24, 2.45) is 0 Å². The number of hydrogen-bond acceptors (Lipinski definition) is 9. The third-order valence-corrected chi connectivity index (χ3v) is 5.53. The zero-order valence-corrected chi connectivity index (χ0v) is 19.7. The van der Waals surface area contributed by atoms with Crippen molar-refractivity contribution < 1.29 is 50.0 Å². The van der Waals surface area contributed by atoms with Crippen LogP contribution in [-0.2, 0) is 22.4 Å². The maximum atomic E-state index is 11.5. The van der Waals surface area contributed by atoms with Crippen molar-refractivity contribution in [3.8, 4) is 11.5 Å². The van der Waals surface area contributed by atoms with Crippen molar-refractivity contribution in [1.82, 2.24) is 0 Å². The van der Waals surface area contributed by atoms with Gasteiger partial charge in [-0.2, -0.15) is 0 Å². The van der Waals surface area contributed by atoms with Crippen molar-refractivity contribution in [2.75, 3.05) is 6.61 Å². The lowest BCUT2D eigenvalue weighted by molar-refractivity contribution is -0.277. The number of phenols is 1. The van der Waals surface area contributed by atoms with Crippen LogP contribution < -0.4 is 4.74 Å².